The highest BCUT2D eigenvalue weighted by Gasteiger charge is 2.25. The highest BCUT2D eigenvalue weighted by molar-refractivity contribution is 7.03. The maximum absolute atomic E-state index is 12.7. The SMILES string of the molecule is Cc1nscc1C(=O)N1CCC[C@H](N(C)Cc2nccc(N)n2)CC1. The van der Waals surface area contributed by atoms with Crippen molar-refractivity contribution in [3.63, 3.8) is 0 Å². The fraction of sp³-hybridized carbons (Fsp3) is 0.529. The lowest BCUT2D eigenvalue weighted by molar-refractivity contribution is 0.0757. The molecular weight excluding hydrogens is 336 g/mol. The molecule has 1 aliphatic heterocycles. The minimum absolute atomic E-state index is 0.105. The zero-order valence-corrected chi connectivity index (χ0v) is 15.5. The van der Waals surface area contributed by atoms with E-state index in [1.165, 1.54) is 11.5 Å². The van der Waals surface area contributed by atoms with Crippen molar-refractivity contribution in [3.05, 3.63) is 34.7 Å². The predicted octanol–water partition coefficient (Wildman–Crippen LogP) is 1.95. The summed E-state index contributed by atoms with van der Waals surface area (Å²) in [7, 11) is 2.08. The van der Waals surface area contributed by atoms with Gasteiger partial charge in [-0.05, 0) is 50.8 Å². The fourth-order valence-electron chi connectivity index (χ4n) is 3.23. The Morgan fingerprint density at radius 1 is 1.44 bits per heavy atom. The Bertz CT molecular complexity index is 733. The zero-order chi connectivity index (χ0) is 17.8. The molecule has 2 N–H and O–H groups in total. The van der Waals surface area contributed by atoms with E-state index in [1.807, 2.05) is 17.2 Å². The Kier molecular flexibility index (Phi) is 5.60. The number of hydrogen-bond donors (Lipinski definition) is 1. The Balaban J connectivity index is 1.59. The van der Waals surface area contributed by atoms with Crippen molar-refractivity contribution in [3.8, 4) is 0 Å². The quantitative estimate of drug-likeness (QED) is 0.896. The molecular formula is C17H24N6OS. The Hall–Kier alpha value is -2.06. The number of carbonyl (C=O) groups excluding carboxylic acids is 1. The third kappa shape index (κ3) is 4.32. The molecule has 0 spiro atoms. The van der Waals surface area contributed by atoms with Crippen LogP contribution < -0.4 is 5.73 Å². The minimum atomic E-state index is 0.105. The fourth-order valence-corrected chi connectivity index (χ4v) is 3.92. The molecule has 0 bridgehead atoms. The molecule has 0 radical (unpaired) electrons. The molecule has 25 heavy (non-hydrogen) atoms. The molecule has 1 aliphatic rings. The first-order chi connectivity index (χ1) is 12.0. The van der Waals surface area contributed by atoms with Crippen LogP contribution in [0.4, 0.5) is 5.82 Å². The number of amides is 1. The van der Waals surface area contributed by atoms with E-state index in [0.29, 0.717) is 18.4 Å². The van der Waals surface area contributed by atoms with E-state index < -0.39 is 0 Å². The zero-order valence-electron chi connectivity index (χ0n) is 14.7. The topological polar surface area (TPSA) is 88.2 Å². The van der Waals surface area contributed by atoms with E-state index in [4.69, 9.17) is 5.73 Å². The van der Waals surface area contributed by atoms with Crippen molar-refractivity contribution in [1.29, 1.82) is 0 Å². The Morgan fingerprint density at radius 2 is 2.28 bits per heavy atom. The first-order valence-corrected chi connectivity index (χ1v) is 9.36. The van der Waals surface area contributed by atoms with Gasteiger partial charge in [0.25, 0.3) is 5.91 Å². The average Bonchev–Trinajstić information content (AvgIpc) is 2.86. The molecule has 3 rings (SSSR count). The lowest BCUT2D eigenvalue weighted by Crippen LogP contribution is -2.35. The number of carbonyl (C=O) groups is 1. The van der Waals surface area contributed by atoms with Gasteiger partial charge in [-0.3, -0.25) is 9.69 Å². The number of nitrogens with two attached hydrogens (primary N) is 1. The van der Waals surface area contributed by atoms with Crippen LogP contribution in [0.3, 0.4) is 0 Å². The van der Waals surface area contributed by atoms with Gasteiger partial charge in [-0.25, -0.2) is 9.97 Å². The lowest BCUT2D eigenvalue weighted by atomic mass is 10.1. The van der Waals surface area contributed by atoms with Gasteiger partial charge in [0.1, 0.15) is 11.6 Å². The largest absolute Gasteiger partial charge is 0.384 e. The second-order valence-corrected chi connectivity index (χ2v) is 7.13. The van der Waals surface area contributed by atoms with Crippen LogP contribution in [0, 0.1) is 6.92 Å². The standard InChI is InChI=1S/C17H24N6OS/c1-12-14(11-25-21-12)17(24)23-8-3-4-13(6-9-23)22(2)10-16-19-7-5-15(18)20-16/h5,7,11,13H,3-4,6,8-10H2,1-2H3,(H2,18,19,20)/t13-/m0/s1. The van der Waals surface area contributed by atoms with E-state index in [2.05, 4.69) is 26.3 Å². The highest BCUT2D eigenvalue weighted by Crippen LogP contribution is 2.20. The van der Waals surface area contributed by atoms with Crippen LogP contribution in [0.15, 0.2) is 17.6 Å². The van der Waals surface area contributed by atoms with Crippen LogP contribution in [-0.4, -0.2) is 56.2 Å². The summed E-state index contributed by atoms with van der Waals surface area (Å²) < 4.78 is 4.21. The molecule has 0 aliphatic carbocycles. The van der Waals surface area contributed by atoms with Gasteiger partial charge >= 0.3 is 0 Å². The van der Waals surface area contributed by atoms with Crippen LogP contribution >= 0.6 is 11.5 Å². The average molecular weight is 360 g/mol. The van der Waals surface area contributed by atoms with Crippen molar-refractivity contribution in [2.24, 2.45) is 0 Å². The number of aryl methyl sites for hydroxylation is 1. The summed E-state index contributed by atoms with van der Waals surface area (Å²) >= 11 is 1.34. The molecule has 1 atom stereocenters. The van der Waals surface area contributed by atoms with Gasteiger partial charge in [0.15, 0.2) is 0 Å². The van der Waals surface area contributed by atoms with Gasteiger partial charge in [0.2, 0.25) is 0 Å². The smallest absolute Gasteiger partial charge is 0.256 e. The third-order valence-corrected chi connectivity index (χ3v) is 5.43. The molecule has 2 aromatic rings. The number of nitrogen functional groups attached to an aromatic ring is 1. The molecule has 0 aromatic carbocycles. The first kappa shape index (κ1) is 17.8. The first-order valence-electron chi connectivity index (χ1n) is 8.52. The van der Waals surface area contributed by atoms with Gasteiger partial charge in [0.05, 0.1) is 17.8 Å². The number of hydrogen-bond acceptors (Lipinski definition) is 7. The van der Waals surface area contributed by atoms with Crippen molar-refractivity contribution in [2.75, 3.05) is 25.9 Å². The van der Waals surface area contributed by atoms with Crippen molar-refractivity contribution in [2.45, 2.75) is 38.8 Å². The molecule has 1 saturated heterocycles. The number of likely N-dealkylation sites (tertiary alicyclic amines) is 1. The Morgan fingerprint density at radius 3 is 3.00 bits per heavy atom. The van der Waals surface area contributed by atoms with Gasteiger partial charge in [0, 0.05) is 30.7 Å². The summed E-state index contributed by atoms with van der Waals surface area (Å²) in [5.74, 6) is 1.34. The summed E-state index contributed by atoms with van der Waals surface area (Å²) in [5.41, 5.74) is 7.30. The second-order valence-electron chi connectivity index (χ2n) is 6.50. The van der Waals surface area contributed by atoms with E-state index in [9.17, 15) is 4.79 Å². The van der Waals surface area contributed by atoms with Gasteiger partial charge in [-0.1, -0.05) is 0 Å². The lowest BCUT2D eigenvalue weighted by Gasteiger charge is -2.26. The molecule has 2 aromatic heterocycles. The maximum Gasteiger partial charge on any atom is 0.256 e. The molecule has 134 valence electrons. The molecule has 3 heterocycles. The molecule has 0 saturated carbocycles. The van der Waals surface area contributed by atoms with E-state index in [0.717, 1.165) is 49.4 Å². The van der Waals surface area contributed by atoms with E-state index >= 15 is 0 Å². The Labute approximate surface area is 152 Å². The van der Waals surface area contributed by atoms with Crippen LogP contribution in [-0.2, 0) is 6.54 Å². The third-order valence-electron chi connectivity index (χ3n) is 4.71. The van der Waals surface area contributed by atoms with Crippen LogP contribution in [0.25, 0.3) is 0 Å². The summed E-state index contributed by atoms with van der Waals surface area (Å²) in [6, 6.07) is 2.10. The van der Waals surface area contributed by atoms with Gasteiger partial charge in [-0.2, -0.15) is 4.37 Å². The van der Waals surface area contributed by atoms with Gasteiger partial charge in [-0.15, -0.1) is 0 Å². The van der Waals surface area contributed by atoms with Crippen molar-refractivity contribution >= 4 is 23.3 Å². The second kappa shape index (κ2) is 7.88. The summed E-state index contributed by atoms with van der Waals surface area (Å²) in [6.07, 6.45) is 4.69. The maximum atomic E-state index is 12.7. The highest BCUT2D eigenvalue weighted by atomic mass is 32.1. The van der Waals surface area contributed by atoms with E-state index in [1.54, 1.807) is 12.3 Å². The summed E-state index contributed by atoms with van der Waals surface area (Å²) in [5, 5.41) is 1.85. The summed E-state index contributed by atoms with van der Waals surface area (Å²) in [6.45, 7) is 4.12. The van der Waals surface area contributed by atoms with Crippen LogP contribution in [0.5, 0.6) is 0 Å². The monoisotopic (exact) mass is 360 g/mol. The summed E-state index contributed by atoms with van der Waals surface area (Å²) in [4.78, 5) is 25.5. The predicted molar refractivity (Wildman–Crippen MR) is 98.3 cm³/mol. The van der Waals surface area contributed by atoms with Crippen molar-refractivity contribution < 1.29 is 4.79 Å². The molecule has 0 unspecified atom stereocenters. The molecule has 1 amide bonds. The van der Waals surface area contributed by atoms with Gasteiger partial charge < -0.3 is 10.6 Å². The van der Waals surface area contributed by atoms with E-state index in [-0.39, 0.29) is 5.91 Å². The van der Waals surface area contributed by atoms with Crippen LogP contribution in [0.1, 0.15) is 41.1 Å². The number of nitrogens with zero attached hydrogens (tertiary/aromatic N) is 5. The minimum Gasteiger partial charge on any atom is -0.384 e. The van der Waals surface area contributed by atoms with Crippen LogP contribution in [0.2, 0.25) is 0 Å². The number of anilines is 1. The molecule has 8 heteroatoms. The normalized spacial score (nSPS) is 18.4. The number of aromatic nitrogens is 3. The number of rotatable bonds is 4. The molecule has 1 fully saturated rings. The van der Waals surface area contributed by atoms with Crippen molar-refractivity contribution in [1.82, 2.24) is 24.1 Å². The molecule has 7 nitrogen and oxygen atoms in total.